The molecule has 2 aromatic carbocycles. The second-order valence-electron chi connectivity index (χ2n) is 4.51. The predicted octanol–water partition coefficient (Wildman–Crippen LogP) is 3.88. The SMILES string of the molecule is COc1ccccc1C(C)=NNc1ccc(Cl)c(C(=O)O)c1. The summed E-state index contributed by atoms with van der Waals surface area (Å²) < 4.78 is 5.28. The average molecular weight is 319 g/mol. The summed E-state index contributed by atoms with van der Waals surface area (Å²) in [7, 11) is 1.60. The van der Waals surface area contributed by atoms with E-state index in [0.717, 1.165) is 5.56 Å². The standard InChI is InChI=1S/C16H15ClN2O3/c1-10(12-5-3-4-6-15(12)22-2)18-19-11-7-8-14(17)13(9-11)16(20)21/h3-9,19H,1-2H3,(H,20,21). The molecule has 0 unspecified atom stereocenters. The van der Waals surface area contributed by atoms with E-state index in [9.17, 15) is 4.79 Å². The minimum atomic E-state index is -1.08. The zero-order valence-corrected chi connectivity index (χ0v) is 12.9. The summed E-state index contributed by atoms with van der Waals surface area (Å²) in [6, 6.07) is 12.1. The number of hydrazone groups is 1. The van der Waals surface area contributed by atoms with E-state index in [1.165, 1.54) is 12.1 Å². The number of hydrogen-bond donors (Lipinski definition) is 2. The fraction of sp³-hybridized carbons (Fsp3) is 0.125. The monoisotopic (exact) mass is 318 g/mol. The fourth-order valence-electron chi connectivity index (χ4n) is 1.91. The number of nitrogens with zero attached hydrogens (tertiary/aromatic N) is 1. The minimum absolute atomic E-state index is 0.0248. The van der Waals surface area contributed by atoms with Crippen LogP contribution in [-0.4, -0.2) is 23.9 Å². The fourth-order valence-corrected chi connectivity index (χ4v) is 2.11. The maximum Gasteiger partial charge on any atom is 0.337 e. The van der Waals surface area contributed by atoms with Gasteiger partial charge in [0, 0.05) is 5.56 Å². The lowest BCUT2D eigenvalue weighted by molar-refractivity contribution is 0.0697. The lowest BCUT2D eigenvalue weighted by Crippen LogP contribution is -2.03. The van der Waals surface area contributed by atoms with Crippen LogP contribution in [-0.2, 0) is 0 Å². The van der Waals surface area contributed by atoms with Crippen LogP contribution in [0.4, 0.5) is 5.69 Å². The number of ether oxygens (including phenoxy) is 1. The van der Waals surface area contributed by atoms with Gasteiger partial charge in [-0.1, -0.05) is 23.7 Å². The zero-order valence-electron chi connectivity index (χ0n) is 12.1. The van der Waals surface area contributed by atoms with E-state index >= 15 is 0 Å². The van der Waals surface area contributed by atoms with Crippen LogP contribution in [0.25, 0.3) is 0 Å². The number of aromatic carboxylic acids is 1. The predicted molar refractivity (Wildman–Crippen MR) is 87.2 cm³/mol. The number of hydrogen-bond acceptors (Lipinski definition) is 4. The van der Waals surface area contributed by atoms with Gasteiger partial charge in [-0.3, -0.25) is 5.43 Å². The first kappa shape index (κ1) is 15.9. The van der Waals surface area contributed by atoms with Crippen LogP contribution >= 0.6 is 11.6 Å². The second-order valence-corrected chi connectivity index (χ2v) is 4.92. The highest BCUT2D eigenvalue weighted by Gasteiger charge is 2.09. The number of carbonyl (C=O) groups is 1. The Kier molecular flexibility index (Phi) is 5.01. The van der Waals surface area contributed by atoms with E-state index in [1.807, 2.05) is 31.2 Å². The van der Waals surface area contributed by atoms with Gasteiger partial charge in [0.05, 0.1) is 29.1 Å². The van der Waals surface area contributed by atoms with Crippen LogP contribution < -0.4 is 10.2 Å². The molecule has 0 bridgehead atoms. The van der Waals surface area contributed by atoms with E-state index in [-0.39, 0.29) is 10.6 Å². The van der Waals surface area contributed by atoms with E-state index in [4.69, 9.17) is 21.4 Å². The van der Waals surface area contributed by atoms with Crippen molar-refractivity contribution in [3.05, 3.63) is 58.6 Å². The number of rotatable bonds is 5. The third-order valence-corrected chi connectivity index (χ3v) is 3.38. The van der Waals surface area contributed by atoms with Crippen LogP contribution in [0.2, 0.25) is 5.02 Å². The first-order valence-electron chi connectivity index (χ1n) is 6.49. The highest BCUT2D eigenvalue weighted by atomic mass is 35.5. The summed E-state index contributed by atoms with van der Waals surface area (Å²) in [6.45, 7) is 1.83. The molecule has 5 nitrogen and oxygen atoms in total. The van der Waals surface area contributed by atoms with Crippen LogP contribution in [0, 0.1) is 0 Å². The van der Waals surface area contributed by atoms with Gasteiger partial charge < -0.3 is 9.84 Å². The first-order valence-corrected chi connectivity index (χ1v) is 6.87. The quantitative estimate of drug-likeness (QED) is 0.648. The molecule has 6 heteroatoms. The van der Waals surface area contributed by atoms with Crippen molar-refractivity contribution in [1.29, 1.82) is 0 Å². The Morgan fingerprint density at radius 1 is 1.23 bits per heavy atom. The molecule has 0 saturated heterocycles. The molecule has 0 saturated carbocycles. The molecular formula is C16H15ClN2O3. The van der Waals surface area contributed by atoms with Crippen LogP contribution in [0.15, 0.2) is 47.6 Å². The minimum Gasteiger partial charge on any atom is -0.496 e. The normalized spacial score (nSPS) is 11.1. The molecule has 0 aliphatic carbocycles. The van der Waals surface area contributed by atoms with E-state index in [2.05, 4.69) is 10.5 Å². The zero-order chi connectivity index (χ0) is 16.1. The Balaban J connectivity index is 2.24. The topological polar surface area (TPSA) is 70.9 Å². The molecule has 2 aromatic rings. The molecule has 0 radical (unpaired) electrons. The van der Waals surface area contributed by atoms with Crippen molar-refractivity contribution < 1.29 is 14.6 Å². The van der Waals surface area contributed by atoms with Gasteiger partial charge in [-0.2, -0.15) is 5.10 Å². The van der Waals surface area contributed by atoms with Gasteiger partial charge in [0.25, 0.3) is 0 Å². The third-order valence-electron chi connectivity index (χ3n) is 3.05. The third kappa shape index (κ3) is 3.56. The number of para-hydroxylation sites is 1. The van der Waals surface area contributed by atoms with Crippen molar-refractivity contribution in [2.24, 2.45) is 5.10 Å². The summed E-state index contributed by atoms with van der Waals surface area (Å²) in [6.07, 6.45) is 0. The summed E-state index contributed by atoms with van der Waals surface area (Å²) in [5.41, 5.74) is 4.95. The van der Waals surface area contributed by atoms with Gasteiger partial charge in [-0.25, -0.2) is 4.79 Å². The molecule has 2 rings (SSSR count). The van der Waals surface area contributed by atoms with Gasteiger partial charge in [0.15, 0.2) is 0 Å². The number of anilines is 1. The Bertz CT molecular complexity index is 729. The van der Waals surface area contributed by atoms with E-state index in [0.29, 0.717) is 17.1 Å². The summed E-state index contributed by atoms with van der Waals surface area (Å²) in [4.78, 5) is 11.1. The number of carboxylic acids is 1. The van der Waals surface area contributed by atoms with Crippen molar-refractivity contribution in [2.75, 3.05) is 12.5 Å². The molecule has 0 spiro atoms. The first-order chi connectivity index (χ1) is 10.5. The molecule has 2 N–H and O–H groups in total. The Morgan fingerprint density at radius 2 is 1.95 bits per heavy atom. The molecular weight excluding hydrogens is 304 g/mol. The molecule has 22 heavy (non-hydrogen) atoms. The second kappa shape index (κ2) is 6.95. The van der Waals surface area contributed by atoms with Crippen molar-refractivity contribution in [3.8, 4) is 5.75 Å². The maximum absolute atomic E-state index is 11.1. The Labute approximate surface area is 133 Å². The van der Waals surface area contributed by atoms with Crippen molar-refractivity contribution in [2.45, 2.75) is 6.92 Å². The molecule has 114 valence electrons. The van der Waals surface area contributed by atoms with E-state index in [1.54, 1.807) is 13.2 Å². The van der Waals surface area contributed by atoms with Crippen LogP contribution in [0.1, 0.15) is 22.8 Å². The number of nitrogens with one attached hydrogen (secondary N) is 1. The smallest absolute Gasteiger partial charge is 0.337 e. The van der Waals surface area contributed by atoms with Gasteiger partial charge >= 0.3 is 5.97 Å². The number of methoxy groups -OCH3 is 1. The van der Waals surface area contributed by atoms with Crippen molar-refractivity contribution in [3.63, 3.8) is 0 Å². The summed E-state index contributed by atoms with van der Waals surface area (Å²) in [5.74, 6) is -0.369. The number of halogens is 1. The molecule has 0 aliphatic heterocycles. The van der Waals surface area contributed by atoms with Gasteiger partial charge in [0.2, 0.25) is 0 Å². The largest absolute Gasteiger partial charge is 0.496 e. The Hall–Kier alpha value is -2.53. The van der Waals surface area contributed by atoms with Gasteiger partial charge in [-0.15, -0.1) is 0 Å². The maximum atomic E-state index is 11.1. The number of carboxylic acid groups (broad SMARTS) is 1. The molecule has 0 fully saturated rings. The molecule has 0 aromatic heterocycles. The highest BCUT2D eigenvalue weighted by Crippen LogP contribution is 2.21. The summed E-state index contributed by atoms with van der Waals surface area (Å²) >= 11 is 5.83. The van der Waals surface area contributed by atoms with Crippen LogP contribution in [0.5, 0.6) is 5.75 Å². The van der Waals surface area contributed by atoms with Crippen LogP contribution in [0.3, 0.4) is 0 Å². The lowest BCUT2D eigenvalue weighted by Gasteiger charge is -2.09. The molecule has 0 heterocycles. The van der Waals surface area contributed by atoms with Crippen molar-refractivity contribution >= 4 is 29.0 Å². The lowest BCUT2D eigenvalue weighted by atomic mass is 10.1. The molecule has 0 aliphatic rings. The summed E-state index contributed by atoms with van der Waals surface area (Å²) in [5, 5.41) is 13.5. The van der Waals surface area contributed by atoms with E-state index < -0.39 is 5.97 Å². The molecule has 0 amide bonds. The number of benzene rings is 2. The van der Waals surface area contributed by atoms with Crippen molar-refractivity contribution in [1.82, 2.24) is 0 Å². The van der Waals surface area contributed by atoms with Gasteiger partial charge in [-0.05, 0) is 37.3 Å². The highest BCUT2D eigenvalue weighted by molar-refractivity contribution is 6.33. The van der Waals surface area contributed by atoms with Gasteiger partial charge in [0.1, 0.15) is 5.75 Å². The Morgan fingerprint density at radius 3 is 2.64 bits per heavy atom. The molecule has 0 atom stereocenters. The average Bonchev–Trinajstić information content (AvgIpc) is 2.53.